The molecule has 0 aromatic heterocycles. The Labute approximate surface area is 191 Å². The lowest BCUT2D eigenvalue weighted by atomic mass is 9.82. The zero-order valence-corrected chi connectivity index (χ0v) is 18.1. The first kappa shape index (κ1) is 20.7. The Bertz CT molecular complexity index is 1500. The maximum absolute atomic E-state index is 13.5. The first-order chi connectivity index (χ1) is 16.0. The highest BCUT2D eigenvalue weighted by molar-refractivity contribution is 7.92. The topological polar surface area (TPSA) is 92.3 Å². The van der Waals surface area contributed by atoms with Gasteiger partial charge in [0.2, 0.25) is 0 Å². The number of rotatable bonds is 5. The zero-order chi connectivity index (χ0) is 23.0. The second-order valence-electron chi connectivity index (χ2n) is 7.52. The van der Waals surface area contributed by atoms with Gasteiger partial charge >= 0.3 is 0 Å². The van der Waals surface area contributed by atoms with Crippen LogP contribution in [-0.4, -0.2) is 20.0 Å². The molecule has 0 unspecified atom stereocenters. The van der Waals surface area contributed by atoms with Gasteiger partial charge in [0, 0.05) is 16.8 Å². The Morgan fingerprint density at radius 3 is 1.64 bits per heavy atom. The van der Waals surface area contributed by atoms with E-state index in [0.29, 0.717) is 5.69 Å². The van der Waals surface area contributed by atoms with Gasteiger partial charge in [0.25, 0.3) is 10.0 Å². The number of hydrogen-bond acceptors (Lipinski definition) is 5. The van der Waals surface area contributed by atoms with Gasteiger partial charge in [-0.15, -0.1) is 0 Å². The van der Waals surface area contributed by atoms with Gasteiger partial charge in [-0.2, -0.15) is 0 Å². The Morgan fingerprint density at radius 2 is 1.03 bits per heavy atom. The molecule has 4 aromatic carbocycles. The average molecular weight is 455 g/mol. The minimum absolute atomic E-state index is 0.0270. The SMILES string of the molecule is O=C1c2ccccc2C(=O)c2c(NS(=O)(=O)c3ccccc3)ccc(Nc3ccccc3)c21. The fourth-order valence-electron chi connectivity index (χ4n) is 3.89. The van der Waals surface area contributed by atoms with Crippen LogP contribution in [0.25, 0.3) is 0 Å². The minimum atomic E-state index is -3.97. The number of ketones is 2. The van der Waals surface area contributed by atoms with Gasteiger partial charge in [-0.3, -0.25) is 14.3 Å². The lowest BCUT2D eigenvalue weighted by Crippen LogP contribution is -2.25. The molecular formula is C26H18N2O4S. The van der Waals surface area contributed by atoms with Crippen LogP contribution in [0.2, 0.25) is 0 Å². The fraction of sp³-hybridized carbons (Fsp3) is 0. The summed E-state index contributed by atoms with van der Waals surface area (Å²) in [6, 6.07) is 26.7. The maximum Gasteiger partial charge on any atom is 0.261 e. The smallest absolute Gasteiger partial charge is 0.261 e. The lowest BCUT2D eigenvalue weighted by Gasteiger charge is -2.24. The molecule has 0 fully saturated rings. The number of anilines is 3. The van der Waals surface area contributed by atoms with Crippen molar-refractivity contribution in [3.05, 3.63) is 119 Å². The van der Waals surface area contributed by atoms with E-state index in [9.17, 15) is 18.0 Å². The summed E-state index contributed by atoms with van der Waals surface area (Å²) in [7, 11) is -3.97. The molecule has 0 bridgehead atoms. The molecule has 0 heterocycles. The van der Waals surface area contributed by atoms with Crippen molar-refractivity contribution in [2.75, 3.05) is 10.0 Å². The molecule has 162 valence electrons. The Morgan fingerprint density at radius 1 is 0.545 bits per heavy atom. The highest BCUT2D eigenvalue weighted by Crippen LogP contribution is 2.38. The number of para-hydroxylation sites is 1. The zero-order valence-electron chi connectivity index (χ0n) is 17.3. The van der Waals surface area contributed by atoms with Crippen molar-refractivity contribution in [1.29, 1.82) is 0 Å². The molecule has 0 spiro atoms. The Balaban J connectivity index is 1.68. The molecule has 33 heavy (non-hydrogen) atoms. The van der Waals surface area contributed by atoms with Gasteiger partial charge in [-0.25, -0.2) is 8.42 Å². The first-order valence-corrected chi connectivity index (χ1v) is 11.7. The monoisotopic (exact) mass is 454 g/mol. The number of carbonyl (C=O) groups is 2. The minimum Gasteiger partial charge on any atom is -0.355 e. The second-order valence-corrected chi connectivity index (χ2v) is 9.21. The van der Waals surface area contributed by atoms with Gasteiger partial charge in [-0.1, -0.05) is 60.7 Å². The summed E-state index contributed by atoms with van der Waals surface area (Å²) >= 11 is 0. The van der Waals surface area contributed by atoms with Crippen LogP contribution in [0.5, 0.6) is 0 Å². The highest BCUT2D eigenvalue weighted by Gasteiger charge is 2.34. The molecule has 6 nitrogen and oxygen atoms in total. The second kappa shape index (κ2) is 8.03. The van der Waals surface area contributed by atoms with E-state index < -0.39 is 15.8 Å². The molecule has 0 saturated heterocycles. The van der Waals surface area contributed by atoms with E-state index >= 15 is 0 Å². The molecule has 1 aliphatic carbocycles. The fourth-order valence-corrected chi connectivity index (χ4v) is 4.99. The standard InChI is InChI=1S/C26H18N2O4S/c29-25-19-13-7-8-14-20(19)26(30)24-22(28-33(31,32)18-11-5-2-6-12-18)16-15-21(23(24)25)27-17-9-3-1-4-10-17/h1-16,27-28H. The third-order valence-electron chi connectivity index (χ3n) is 5.43. The summed E-state index contributed by atoms with van der Waals surface area (Å²) in [6.45, 7) is 0. The summed E-state index contributed by atoms with van der Waals surface area (Å²) in [5.74, 6) is -0.762. The predicted molar refractivity (Wildman–Crippen MR) is 127 cm³/mol. The number of sulfonamides is 1. The van der Waals surface area contributed by atoms with Gasteiger partial charge < -0.3 is 5.32 Å². The van der Waals surface area contributed by atoms with Gasteiger partial charge in [0.05, 0.1) is 27.4 Å². The maximum atomic E-state index is 13.5. The Kier molecular flexibility index (Phi) is 5.03. The molecular weight excluding hydrogens is 436 g/mol. The Hall–Kier alpha value is -4.23. The molecule has 0 amide bonds. The number of nitrogens with one attached hydrogen (secondary N) is 2. The molecule has 0 saturated carbocycles. The van der Waals surface area contributed by atoms with Crippen molar-refractivity contribution in [1.82, 2.24) is 0 Å². The average Bonchev–Trinajstić information content (AvgIpc) is 2.84. The molecule has 0 atom stereocenters. The van der Waals surface area contributed by atoms with E-state index in [-0.39, 0.29) is 38.6 Å². The lowest BCUT2D eigenvalue weighted by molar-refractivity contribution is 0.0980. The van der Waals surface area contributed by atoms with Crippen LogP contribution in [0.3, 0.4) is 0 Å². The first-order valence-electron chi connectivity index (χ1n) is 10.2. The third kappa shape index (κ3) is 3.68. The van der Waals surface area contributed by atoms with Crippen molar-refractivity contribution < 1.29 is 18.0 Å². The van der Waals surface area contributed by atoms with Gasteiger partial charge in [0.1, 0.15) is 0 Å². The number of carbonyl (C=O) groups excluding carboxylic acids is 2. The number of benzene rings is 4. The van der Waals surface area contributed by atoms with Crippen LogP contribution >= 0.6 is 0 Å². The van der Waals surface area contributed by atoms with Crippen LogP contribution in [0.4, 0.5) is 17.1 Å². The number of fused-ring (bicyclic) bond motifs is 2. The summed E-state index contributed by atoms with van der Waals surface area (Å²) < 4.78 is 28.5. The van der Waals surface area contributed by atoms with Gasteiger partial charge in [-0.05, 0) is 36.4 Å². The van der Waals surface area contributed by atoms with Crippen LogP contribution < -0.4 is 10.0 Å². The van der Waals surface area contributed by atoms with Crippen molar-refractivity contribution in [2.45, 2.75) is 4.90 Å². The molecule has 5 rings (SSSR count). The quantitative estimate of drug-likeness (QED) is 0.390. The predicted octanol–water partition coefficient (Wildman–Crippen LogP) is 5.01. The summed E-state index contributed by atoms with van der Waals surface area (Å²) in [5, 5.41) is 3.19. The van der Waals surface area contributed by atoms with E-state index in [1.165, 1.54) is 18.2 Å². The number of hydrogen-bond donors (Lipinski definition) is 2. The third-order valence-corrected chi connectivity index (χ3v) is 6.81. The van der Waals surface area contributed by atoms with Crippen LogP contribution in [0, 0.1) is 0 Å². The van der Waals surface area contributed by atoms with Crippen molar-refractivity contribution in [3.8, 4) is 0 Å². The summed E-state index contributed by atoms with van der Waals surface area (Å²) in [4.78, 5) is 27.0. The highest BCUT2D eigenvalue weighted by atomic mass is 32.2. The molecule has 0 aliphatic heterocycles. The molecule has 0 radical (unpaired) electrons. The van der Waals surface area contributed by atoms with Crippen molar-refractivity contribution >= 4 is 38.7 Å². The van der Waals surface area contributed by atoms with E-state index in [1.807, 2.05) is 30.3 Å². The largest absolute Gasteiger partial charge is 0.355 e. The van der Waals surface area contributed by atoms with Gasteiger partial charge in [0.15, 0.2) is 11.6 Å². The van der Waals surface area contributed by atoms with Crippen LogP contribution in [0.1, 0.15) is 31.8 Å². The summed E-state index contributed by atoms with van der Waals surface area (Å²) in [5.41, 5.74) is 1.90. The van der Waals surface area contributed by atoms with Crippen LogP contribution in [0.15, 0.2) is 102 Å². The molecule has 7 heteroatoms. The van der Waals surface area contributed by atoms with Crippen molar-refractivity contribution in [2.24, 2.45) is 0 Å². The van der Waals surface area contributed by atoms with E-state index in [1.54, 1.807) is 48.5 Å². The molecule has 2 N–H and O–H groups in total. The normalized spacial score (nSPS) is 12.6. The van der Waals surface area contributed by atoms with E-state index in [0.717, 1.165) is 5.69 Å². The van der Waals surface area contributed by atoms with Crippen molar-refractivity contribution in [3.63, 3.8) is 0 Å². The van der Waals surface area contributed by atoms with E-state index in [2.05, 4.69) is 10.0 Å². The van der Waals surface area contributed by atoms with Crippen LogP contribution in [-0.2, 0) is 10.0 Å². The molecule has 4 aromatic rings. The van der Waals surface area contributed by atoms with E-state index in [4.69, 9.17) is 0 Å². The molecule has 1 aliphatic rings. The summed E-state index contributed by atoms with van der Waals surface area (Å²) in [6.07, 6.45) is 0.